The highest BCUT2D eigenvalue weighted by Gasteiger charge is 2.18. The second-order valence-electron chi connectivity index (χ2n) is 3.98. The summed E-state index contributed by atoms with van der Waals surface area (Å²) in [6, 6.07) is 7.41. The number of aliphatic hydroxyl groups excluding tert-OH is 1. The van der Waals surface area contributed by atoms with Crippen LogP contribution in [0.3, 0.4) is 0 Å². The second kappa shape index (κ2) is 11.6. The molecule has 23 heavy (non-hydrogen) atoms. The Morgan fingerprint density at radius 3 is 2.35 bits per heavy atom. The van der Waals surface area contributed by atoms with E-state index in [1.807, 2.05) is 45.9 Å². The van der Waals surface area contributed by atoms with Gasteiger partial charge < -0.3 is 5.11 Å². The predicted octanol–water partition coefficient (Wildman–Crippen LogP) is 4.23. The summed E-state index contributed by atoms with van der Waals surface area (Å²) in [5, 5.41) is 24.4. The van der Waals surface area contributed by atoms with Crippen LogP contribution in [0.5, 0.6) is 0 Å². The summed E-state index contributed by atoms with van der Waals surface area (Å²) in [5.41, 5.74) is 0.860. The van der Waals surface area contributed by atoms with Crippen molar-refractivity contribution in [2.45, 2.75) is 47.3 Å². The average Bonchev–Trinajstić information content (AvgIpc) is 3.01. The van der Waals surface area contributed by atoms with Gasteiger partial charge in [0.15, 0.2) is 5.69 Å². The molecule has 2 rings (SSSR count). The van der Waals surface area contributed by atoms with E-state index in [4.69, 9.17) is 16.7 Å². The van der Waals surface area contributed by atoms with Crippen LogP contribution in [0.2, 0.25) is 5.02 Å². The Labute approximate surface area is 141 Å². The van der Waals surface area contributed by atoms with E-state index in [-0.39, 0.29) is 11.4 Å². The van der Waals surface area contributed by atoms with Crippen LogP contribution in [-0.4, -0.2) is 19.8 Å². The summed E-state index contributed by atoms with van der Waals surface area (Å²) in [6.07, 6.45) is 1.94. The van der Waals surface area contributed by atoms with E-state index in [0.29, 0.717) is 18.0 Å². The van der Waals surface area contributed by atoms with E-state index in [1.165, 1.54) is 10.9 Å². The largest absolute Gasteiger partial charge is 0.390 e. The van der Waals surface area contributed by atoms with Gasteiger partial charge in [0.2, 0.25) is 0 Å². The van der Waals surface area contributed by atoms with Crippen LogP contribution in [-0.2, 0) is 19.6 Å². The lowest BCUT2D eigenvalue weighted by molar-refractivity contribution is -0.385. The first kappa shape index (κ1) is 21.1. The fourth-order valence-electron chi connectivity index (χ4n) is 1.77. The highest BCUT2D eigenvalue weighted by atomic mass is 35.5. The Kier molecular flexibility index (Phi) is 10.7. The van der Waals surface area contributed by atoms with Crippen molar-refractivity contribution in [2.75, 3.05) is 0 Å². The Morgan fingerprint density at radius 1 is 1.26 bits per heavy atom. The van der Waals surface area contributed by atoms with Gasteiger partial charge in [-0.15, -0.1) is 0 Å². The topological polar surface area (TPSA) is 81.2 Å². The van der Waals surface area contributed by atoms with Crippen LogP contribution in [0.15, 0.2) is 30.5 Å². The van der Waals surface area contributed by atoms with E-state index in [9.17, 15) is 10.1 Å². The zero-order valence-electron chi connectivity index (χ0n) is 14.0. The molecule has 1 aromatic heterocycles. The van der Waals surface area contributed by atoms with E-state index >= 15 is 0 Å². The molecule has 1 N–H and O–H groups in total. The van der Waals surface area contributed by atoms with E-state index < -0.39 is 11.5 Å². The Hall–Kier alpha value is -1.92. The number of benzene rings is 1. The molecule has 0 unspecified atom stereocenters. The standard InChI is InChI=1S/C12H12ClN3O3.2C2H6/c13-10-4-2-1-3-9(10)5-6-15-7-12(16(18)19)11(8-17)14-15;2*1-2/h1-4,7,17H,5-6,8H2;2*1-2H3. The van der Waals surface area contributed by atoms with Crippen molar-refractivity contribution in [3.63, 3.8) is 0 Å². The third-order valence-electron chi connectivity index (χ3n) is 2.73. The summed E-state index contributed by atoms with van der Waals surface area (Å²) in [4.78, 5) is 10.2. The normalized spacial score (nSPS) is 9.30. The van der Waals surface area contributed by atoms with E-state index in [0.717, 1.165) is 5.56 Å². The van der Waals surface area contributed by atoms with Crippen molar-refractivity contribution in [1.82, 2.24) is 9.78 Å². The van der Waals surface area contributed by atoms with Gasteiger partial charge in [0, 0.05) is 11.6 Å². The molecule has 0 aliphatic heterocycles. The van der Waals surface area contributed by atoms with Gasteiger partial charge in [0.1, 0.15) is 6.20 Å². The molecule has 0 saturated heterocycles. The van der Waals surface area contributed by atoms with Gasteiger partial charge in [0.05, 0.1) is 11.5 Å². The number of hydrogen-bond donors (Lipinski definition) is 1. The molecular formula is C16H24ClN3O3. The molecule has 2 aromatic rings. The number of aliphatic hydroxyl groups is 1. The number of nitrogens with zero attached hydrogens (tertiary/aromatic N) is 3. The number of aryl methyl sites for hydroxylation is 2. The second-order valence-corrected chi connectivity index (χ2v) is 4.39. The first-order valence-electron chi connectivity index (χ1n) is 7.67. The maximum atomic E-state index is 10.7. The lowest BCUT2D eigenvalue weighted by Gasteiger charge is -2.03. The van der Waals surface area contributed by atoms with Crippen molar-refractivity contribution < 1.29 is 10.0 Å². The Morgan fingerprint density at radius 2 is 1.87 bits per heavy atom. The van der Waals surface area contributed by atoms with Crippen LogP contribution in [0.25, 0.3) is 0 Å². The third-order valence-corrected chi connectivity index (χ3v) is 3.10. The fraction of sp³-hybridized carbons (Fsp3) is 0.438. The maximum absolute atomic E-state index is 10.7. The number of hydrogen-bond acceptors (Lipinski definition) is 4. The van der Waals surface area contributed by atoms with Crippen LogP contribution < -0.4 is 0 Å². The van der Waals surface area contributed by atoms with Crippen molar-refractivity contribution in [3.8, 4) is 0 Å². The smallest absolute Gasteiger partial charge is 0.312 e. The predicted molar refractivity (Wildman–Crippen MR) is 92.7 cm³/mol. The number of rotatable bonds is 5. The summed E-state index contributed by atoms with van der Waals surface area (Å²) < 4.78 is 1.45. The molecule has 128 valence electrons. The quantitative estimate of drug-likeness (QED) is 0.651. The molecule has 0 aliphatic rings. The van der Waals surface area contributed by atoms with Crippen molar-refractivity contribution >= 4 is 17.3 Å². The van der Waals surface area contributed by atoms with Gasteiger partial charge in [0.25, 0.3) is 0 Å². The average molecular weight is 342 g/mol. The monoisotopic (exact) mass is 341 g/mol. The van der Waals surface area contributed by atoms with Crippen molar-refractivity contribution in [1.29, 1.82) is 0 Å². The first-order chi connectivity index (χ1) is 11.1. The molecule has 1 aromatic carbocycles. The fourth-order valence-corrected chi connectivity index (χ4v) is 2.00. The van der Waals surface area contributed by atoms with E-state index in [1.54, 1.807) is 6.07 Å². The Balaban J connectivity index is 0.00000112. The van der Waals surface area contributed by atoms with Gasteiger partial charge in [-0.1, -0.05) is 57.5 Å². The number of aromatic nitrogens is 2. The van der Waals surface area contributed by atoms with Crippen LogP contribution in [0.1, 0.15) is 39.0 Å². The molecule has 0 spiro atoms. The molecule has 0 aliphatic carbocycles. The highest BCUT2D eigenvalue weighted by molar-refractivity contribution is 6.31. The van der Waals surface area contributed by atoms with Gasteiger partial charge in [-0.3, -0.25) is 14.8 Å². The lowest BCUT2D eigenvalue weighted by Crippen LogP contribution is -2.03. The minimum atomic E-state index is -0.551. The lowest BCUT2D eigenvalue weighted by atomic mass is 10.1. The van der Waals surface area contributed by atoms with Crippen LogP contribution in [0, 0.1) is 10.1 Å². The minimum absolute atomic E-state index is 0.0733. The minimum Gasteiger partial charge on any atom is -0.390 e. The third kappa shape index (κ3) is 6.38. The number of halogens is 1. The molecule has 1 heterocycles. The van der Waals surface area contributed by atoms with Gasteiger partial charge in [-0.2, -0.15) is 5.10 Å². The van der Waals surface area contributed by atoms with E-state index in [2.05, 4.69) is 5.10 Å². The Bertz CT molecular complexity index is 600. The zero-order valence-corrected chi connectivity index (χ0v) is 14.7. The maximum Gasteiger partial charge on any atom is 0.312 e. The molecule has 7 heteroatoms. The summed E-state index contributed by atoms with van der Waals surface area (Å²) >= 11 is 6.03. The van der Waals surface area contributed by atoms with Crippen molar-refractivity contribution in [3.05, 3.63) is 56.9 Å². The number of nitro groups is 1. The molecule has 0 amide bonds. The molecule has 0 bridgehead atoms. The first-order valence-corrected chi connectivity index (χ1v) is 8.04. The van der Waals surface area contributed by atoms with Crippen molar-refractivity contribution in [2.24, 2.45) is 0 Å². The summed E-state index contributed by atoms with van der Waals surface area (Å²) in [7, 11) is 0. The van der Waals surface area contributed by atoms with Crippen LogP contribution in [0.4, 0.5) is 5.69 Å². The molecule has 0 radical (unpaired) electrons. The van der Waals surface area contributed by atoms with Gasteiger partial charge in [-0.05, 0) is 18.1 Å². The summed E-state index contributed by atoms with van der Waals surface area (Å²) in [5.74, 6) is 0. The highest BCUT2D eigenvalue weighted by Crippen LogP contribution is 2.19. The summed E-state index contributed by atoms with van der Waals surface area (Å²) in [6.45, 7) is 8.01. The zero-order chi connectivity index (χ0) is 17.8. The molecule has 0 fully saturated rings. The van der Waals surface area contributed by atoms with Crippen LogP contribution >= 0.6 is 11.6 Å². The molecular weight excluding hydrogens is 318 g/mol. The molecule has 0 saturated carbocycles. The van der Waals surface area contributed by atoms with Gasteiger partial charge in [-0.25, -0.2) is 0 Å². The molecule has 6 nitrogen and oxygen atoms in total. The molecule has 0 atom stereocenters. The van der Waals surface area contributed by atoms with Gasteiger partial charge >= 0.3 is 5.69 Å². The SMILES string of the molecule is CC.CC.O=[N+]([O-])c1cn(CCc2ccccc2Cl)nc1CO.